The van der Waals surface area contributed by atoms with Crippen molar-refractivity contribution in [1.82, 2.24) is 5.32 Å². The number of aliphatic hydroxyl groups is 1. The van der Waals surface area contributed by atoms with E-state index in [2.05, 4.69) is 10.6 Å². The molecule has 0 bridgehead atoms. The molecule has 0 heterocycles. The number of para-hydroxylation sites is 1. The number of hydrogen-bond acceptors (Lipinski definition) is 4. The van der Waals surface area contributed by atoms with Crippen LogP contribution in [-0.4, -0.2) is 37.3 Å². The Kier molecular flexibility index (Phi) is 7.39. The summed E-state index contributed by atoms with van der Waals surface area (Å²) in [5.41, 5.74) is 1.50. The molecule has 5 nitrogen and oxygen atoms in total. The van der Waals surface area contributed by atoms with Gasteiger partial charge in [-0.2, -0.15) is 0 Å². The Morgan fingerprint density at radius 2 is 1.83 bits per heavy atom. The fourth-order valence-corrected chi connectivity index (χ4v) is 2.23. The highest BCUT2D eigenvalue weighted by Gasteiger charge is 2.04. The summed E-state index contributed by atoms with van der Waals surface area (Å²) in [5, 5.41) is 15.3. The first kappa shape index (κ1) is 18.1. The zero-order valence-electron chi connectivity index (χ0n) is 13.3. The van der Waals surface area contributed by atoms with E-state index < -0.39 is 0 Å². The van der Waals surface area contributed by atoms with Gasteiger partial charge in [-0.1, -0.05) is 23.7 Å². The van der Waals surface area contributed by atoms with Crippen molar-refractivity contribution in [3.63, 3.8) is 0 Å². The molecule has 24 heavy (non-hydrogen) atoms. The maximum Gasteiger partial charge on any atom is 0.251 e. The normalized spacial score (nSPS) is 10.2. The number of hydrogen-bond donors (Lipinski definition) is 3. The third kappa shape index (κ3) is 5.76. The highest BCUT2D eigenvalue weighted by molar-refractivity contribution is 6.32. The maximum absolute atomic E-state index is 11.8. The van der Waals surface area contributed by atoms with Crippen LogP contribution in [-0.2, 0) is 0 Å². The van der Waals surface area contributed by atoms with Crippen LogP contribution in [0.5, 0.6) is 5.75 Å². The molecule has 0 spiro atoms. The lowest BCUT2D eigenvalue weighted by atomic mass is 10.2. The molecule has 0 aromatic heterocycles. The van der Waals surface area contributed by atoms with Crippen LogP contribution in [0.3, 0.4) is 0 Å². The summed E-state index contributed by atoms with van der Waals surface area (Å²) in [6.45, 7) is 1.63. The third-order valence-electron chi connectivity index (χ3n) is 3.29. The lowest BCUT2D eigenvalue weighted by molar-refractivity contribution is 0.0951. The van der Waals surface area contributed by atoms with Crippen LogP contribution < -0.4 is 15.4 Å². The van der Waals surface area contributed by atoms with Gasteiger partial charge in [0.25, 0.3) is 5.91 Å². The van der Waals surface area contributed by atoms with Gasteiger partial charge in [-0.05, 0) is 42.8 Å². The second-order valence-electron chi connectivity index (χ2n) is 5.12. The molecule has 0 unspecified atom stereocenters. The largest absolute Gasteiger partial charge is 0.490 e. The van der Waals surface area contributed by atoms with E-state index in [-0.39, 0.29) is 12.5 Å². The Balaban J connectivity index is 1.74. The molecule has 0 aliphatic carbocycles. The van der Waals surface area contributed by atoms with Gasteiger partial charge < -0.3 is 20.5 Å². The highest BCUT2D eigenvalue weighted by atomic mass is 35.5. The molecule has 0 saturated carbocycles. The molecule has 3 N–H and O–H groups in total. The number of anilines is 1. The van der Waals surface area contributed by atoms with Gasteiger partial charge in [0.2, 0.25) is 0 Å². The van der Waals surface area contributed by atoms with E-state index in [1.165, 1.54) is 0 Å². The summed E-state index contributed by atoms with van der Waals surface area (Å²) >= 11 is 6.02. The summed E-state index contributed by atoms with van der Waals surface area (Å²) < 4.78 is 5.60. The van der Waals surface area contributed by atoms with Crippen LogP contribution in [0, 0.1) is 0 Å². The molecule has 6 heteroatoms. The van der Waals surface area contributed by atoms with Crippen molar-refractivity contribution in [2.24, 2.45) is 0 Å². The second kappa shape index (κ2) is 9.80. The van der Waals surface area contributed by atoms with Gasteiger partial charge in [0.1, 0.15) is 12.4 Å². The molecule has 0 aliphatic heterocycles. The van der Waals surface area contributed by atoms with Crippen molar-refractivity contribution >= 4 is 23.2 Å². The van der Waals surface area contributed by atoms with E-state index in [0.717, 1.165) is 5.69 Å². The first-order valence-electron chi connectivity index (χ1n) is 7.81. The van der Waals surface area contributed by atoms with Gasteiger partial charge in [0.05, 0.1) is 5.02 Å². The molecule has 2 aromatic rings. The Morgan fingerprint density at radius 3 is 2.54 bits per heavy atom. The van der Waals surface area contributed by atoms with Crippen LogP contribution in [0.1, 0.15) is 16.8 Å². The minimum Gasteiger partial charge on any atom is -0.490 e. The van der Waals surface area contributed by atoms with E-state index in [1.54, 1.807) is 18.2 Å². The minimum atomic E-state index is -0.142. The zero-order valence-corrected chi connectivity index (χ0v) is 14.1. The van der Waals surface area contributed by atoms with Gasteiger partial charge in [-0.3, -0.25) is 4.79 Å². The van der Waals surface area contributed by atoms with Gasteiger partial charge in [-0.15, -0.1) is 0 Å². The first-order valence-corrected chi connectivity index (χ1v) is 8.19. The maximum atomic E-state index is 11.8. The Morgan fingerprint density at radius 1 is 1.08 bits per heavy atom. The van der Waals surface area contributed by atoms with Gasteiger partial charge in [0, 0.05) is 30.9 Å². The number of aliphatic hydroxyl groups excluding tert-OH is 1. The van der Waals surface area contributed by atoms with E-state index in [4.69, 9.17) is 21.4 Å². The van der Waals surface area contributed by atoms with E-state index in [1.807, 2.05) is 30.3 Å². The number of nitrogens with one attached hydrogen (secondary N) is 2. The SMILES string of the molecule is O=C(NCCCO)c1ccc(NCCOc2ccccc2Cl)cc1. The van der Waals surface area contributed by atoms with Crippen molar-refractivity contribution < 1.29 is 14.6 Å². The molecule has 2 aromatic carbocycles. The molecular formula is C18H21ClN2O3. The average molecular weight is 349 g/mol. The Bertz CT molecular complexity index is 647. The molecule has 0 saturated heterocycles. The Hall–Kier alpha value is -2.24. The Labute approximate surface area is 146 Å². The lowest BCUT2D eigenvalue weighted by Crippen LogP contribution is -2.24. The third-order valence-corrected chi connectivity index (χ3v) is 3.61. The molecule has 0 fully saturated rings. The first-order chi connectivity index (χ1) is 11.7. The number of ether oxygens (including phenoxy) is 1. The molecule has 128 valence electrons. The highest BCUT2D eigenvalue weighted by Crippen LogP contribution is 2.22. The van der Waals surface area contributed by atoms with Crippen LogP contribution >= 0.6 is 11.6 Å². The molecular weight excluding hydrogens is 328 g/mol. The summed E-state index contributed by atoms with van der Waals surface area (Å²) in [7, 11) is 0. The topological polar surface area (TPSA) is 70.6 Å². The zero-order chi connectivity index (χ0) is 17.2. The van der Waals surface area contributed by atoms with Crippen molar-refractivity contribution in [2.45, 2.75) is 6.42 Å². The number of carbonyl (C=O) groups excluding carboxylic acids is 1. The van der Waals surface area contributed by atoms with Crippen LogP contribution in [0.2, 0.25) is 5.02 Å². The molecule has 0 aliphatic rings. The van der Waals surface area contributed by atoms with Crippen molar-refractivity contribution in [3.05, 3.63) is 59.1 Å². The quantitative estimate of drug-likeness (QED) is 0.609. The van der Waals surface area contributed by atoms with E-state index in [9.17, 15) is 4.79 Å². The lowest BCUT2D eigenvalue weighted by Gasteiger charge is -2.10. The van der Waals surface area contributed by atoms with Gasteiger partial charge >= 0.3 is 0 Å². The van der Waals surface area contributed by atoms with Gasteiger partial charge in [-0.25, -0.2) is 0 Å². The van der Waals surface area contributed by atoms with Crippen molar-refractivity contribution in [1.29, 1.82) is 0 Å². The van der Waals surface area contributed by atoms with Crippen LogP contribution in [0.15, 0.2) is 48.5 Å². The van der Waals surface area contributed by atoms with E-state index >= 15 is 0 Å². The number of amides is 1. The fraction of sp³-hybridized carbons (Fsp3) is 0.278. The van der Waals surface area contributed by atoms with Crippen LogP contribution in [0.4, 0.5) is 5.69 Å². The van der Waals surface area contributed by atoms with Gasteiger partial charge in [0.15, 0.2) is 0 Å². The molecule has 0 radical (unpaired) electrons. The summed E-state index contributed by atoms with van der Waals surface area (Å²) in [6.07, 6.45) is 0.552. The number of benzene rings is 2. The monoisotopic (exact) mass is 348 g/mol. The smallest absolute Gasteiger partial charge is 0.251 e. The average Bonchev–Trinajstić information content (AvgIpc) is 2.61. The van der Waals surface area contributed by atoms with E-state index in [0.29, 0.717) is 42.5 Å². The molecule has 2 rings (SSSR count). The predicted octanol–water partition coefficient (Wildman–Crippen LogP) is 2.94. The van der Waals surface area contributed by atoms with Crippen LogP contribution in [0.25, 0.3) is 0 Å². The standard InChI is InChI=1S/C18H21ClN2O3/c19-16-4-1-2-5-17(16)24-13-11-20-15-8-6-14(7-9-15)18(23)21-10-3-12-22/h1-2,4-9,20,22H,3,10-13H2,(H,21,23). The summed E-state index contributed by atoms with van der Waals surface area (Å²) in [5.74, 6) is 0.521. The summed E-state index contributed by atoms with van der Waals surface area (Å²) in [6, 6.07) is 14.5. The molecule has 1 amide bonds. The fourth-order valence-electron chi connectivity index (χ4n) is 2.04. The number of carbonyl (C=O) groups is 1. The number of halogens is 1. The molecule has 0 atom stereocenters. The summed E-state index contributed by atoms with van der Waals surface area (Å²) in [4.78, 5) is 11.8. The number of rotatable bonds is 9. The van der Waals surface area contributed by atoms with Crippen molar-refractivity contribution in [3.8, 4) is 5.75 Å². The predicted molar refractivity (Wildman–Crippen MR) is 95.9 cm³/mol. The second-order valence-corrected chi connectivity index (χ2v) is 5.52. The van der Waals surface area contributed by atoms with Crippen molar-refractivity contribution in [2.75, 3.05) is 31.6 Å². The minimum absolute atomic E-state index is 0.0689.